The minimum absolute atomic E-state index is 0.216. The molecule has 0 saturated carbocycles. The minimum atomic E-state index is -0.411. The lowest BCUT2D eigenvalue weighted by Crippen LogP contribution is -2.31. The van der Waals surface area contributed by atoms with E-state index >= 15 is 0 Å². The lowest BCUT2D eigenvalue weighted by Gasteiger charge is -2.18. The first kappa shape index (κ1) is 23.2. The van der Waals surface area contributed by atoms with E-state index in [2.05, 4.69) is 10.6 Å². The Balaban J connectivity index is 1.31. The van der Waals surface area contributed by atoms with Crippen LogP contribution >= 0.6 is 0 Å². The second-order valence-corrected chi connectivity index (χ2v) is 9.12. The smallest absolute Gasteiger partial charge is 0.255 e. The van der Waals surface area contributed by atoms with E-state index in [1.165, 1.54) is 4.90 Å². The van der Waals surface area contributed by atoms with Crippen LogP contribution in [0.2, 0.25) is 0 Å². The van der Waals surface area contributed by atoms with Gasteiger partial charge in [0.05, 0.1) is 17.5 Å². The Morgan fingerprint density at radius 2 is 1.36 bits per heavy atom. The quantitative estimate of drug-likeness (QED) is 0.396. The van der Waals surface area contributed by atoms with Crippen molar-refractivity contribution < 1.29 is 19.2 Å². The van der Waals surface area contributed by atoms with Crippen LogP contribution in [0.1, 0.15) is 40.5 Å². The highest BCUT2D eigenvalue weighted by atomic mass is 16.2. The molecule has 1 heterocycles. The predicted octanol–water partition coefficient (Wildman–Crippen LogP) is 5.04. The van der Waals surface area contributed by atoms with Gasteiger partial charge >= 0.3 is 0 Å². The second-order valence-electron chi connectivity index (χ2n) is 9.12. The molecular weight excluding hydrogens is 454 g/mol. The summed E-state index contributed by atoms with van der Waals surface area (Å²) in [6, 6.07) is 22.2. The Kier molecular flexibility index (Phi) is 6.21. The average molecular weight is 480 g/mol. The Bertz CT molecular complexity index is 1400. The maximum Gasteiger partial charge on any atom is 0.255 e. The topological polar surface area (TPSA) is 95.6 Å². The number of benzene rings is 3. The molecule has 0 radical (unpaired) electrons. The van der Waals surface area contributed by atoms with E-state index in [1.54, 1.807) is 60.7 Å². The van der Waals surface area contributed by atoms with Gasteiger partial charge in [-0.2, -0.15) is 0 Å². The number of fused-ring (bicyclic) bond motifs is 1. The molecule has 180 valence electrons. The Morgan fingerprint density at radius 1 is 0.750 bits per heavy atom. The highest BCUT2D eigenvalue weighted by molar-refractivity contribution is 6.22. The van der Waals surface area contributed by atoms with Gasteiger partial charge in [0, 0.05) is 22.5 Å². The SMILES string of the molecule is CC1=CC[C@H]2C(=O)N(c3cccc(C(=O)Nc4cccc(C(=O)Nc5ccccc5)c4)c3)C(=O)[C@H]2C1. The average Bonchev–Trinajstić information content (AvgIpc) is 3.13. The zero-order valence-electron chi connectivity index (χ0n) is 19.7. The van der Waals surface area contributed by atoms with E-state index in [0.717, 1.165) is 5.57 Å². The van der Waals surface area contributed by atoms with Gasteiger partial charge in [-0.1, -0.05) is 42.0 Å². The first-order valence-electron chi connectivity index (χ1n) is 11.8. The number of carbonyl (C=O) groups excluding carboxylic acids is 4. The molecule has 4 amide bonds. The number of hydrogen-bond donors (Lipinski definition) is 2. The van der Waals surface area contributed by atoms with Gasteiger partial charge in [0.25, 0.3) is 11.8 Å². The van der Waals surface area contributed by atoms with Gasteiger partial charge in [0.15, 0.2) is 0 Å². The third kappa shape index (κ3) is 4.55. The molecule has 1 saturated heterocycles. The van der Waals surface area contributed by atoms with Crippen LogP contribution in [0.25, 0.3) is 0 Å². The third-order valence-corrected chi connectivity index (χ3v) is 6.60. The number of rotatable bonds is 5. The molecule has 3 aromatic rings. The molecule has 0 bridgehead atoms. The molecule has 1 fully saturated rings. The predicted molar refractivity (Wildman–Crippen MR) is 138 cm³/mol. The second kappa shape index (κ2) is 9.62. The number of imide groups is 1. The van der Waals surface area contributed by atoms with E-state index in [4.69, 9.17) is 0 Å². The molecular formula is C29H25N3O4. The molecule has 0 spiro atoms. The maximum atomic E-state index is 13.0. The summed E-state index contributed by atoms with van der Waals surface area (Å²) in [4.78, 5) is 52.9. The van der Waals surface area contributed by atoms with E-state index in [9.17, 15) is 19.2 Å². The summed E-state index contributed by atoms with van der Waals surface area (Å²) < 4.78 is 0. The number of hydrogen-bond acceptors (Lipinski definition) is 4. The van der Waals surface area contributed by atoms with Crippen molar-refractivity contribution in [1.29, 1.82) is 0 Å². The van der Waals surface area contributed by atoms with Crippen LogP contribution in [-0.4, -0.2) is 23.6 Å². The van der Waals surface area contributed by atoms with Crippen molar-refractivity contribution in [3.05, 3.63) is 102 Å². The summed E-state index contributed by atoms with van der Waals surface area (Å²) in [5, 5.41) is 5.61. The van der Waals surface area contributed by atoms with E-state index in [0.29, 0.717) is 41.0 Å². The fraction of sp³-hybridized carbons (Fsp3) is 0.172. The van der Waals surface area contributed by atoms with Crippen molar-refractivity contribution in [2.45, 2.75) is 19.8 Å². The summed E-state index contributed by atoms with van der Waals surface area (Å²) in [5.41, 5.74) is 3.33. The number of nitrogens with zero attached hydrogens (tertiary/aromatic N) is 1. The maximum absolute atomic E-state index is 13.0. The molecule has 3 aromatic carbocycles. The fourth-order valence-electron chi connectivity index (χ4n) is 4.74. The number of amides is 4. The van der Waals surface area contributed by atoms with E-state index in [-0.39, 0.29) is 29.6 Å². The third-order valence-electron chi connectivity index (χ3n) is 6.60. The van der Waals surface area contributed by atoms with Crippen molar-refractivity contribution in [2.75, 3.05) is 15.5 Å². The van der Waals surface area contributed by atoms with Crippen molar-refractivity contribution in [3.8, 4) is 0 Å². The molecule has 7 nitrogen and oxygen atoms in total. The Labute approximate surface area is 208 Å². The zero-order valence-corrected chi connectivity index (χ0v) is 19.7. The number of carbonyl (C=O) groups is 4. The van der Waals surface area contributed by atoms with Gasteiger partial charge in [-0.05, 0) is 68.3 Å². The van der Waals surface area contributed by atoms with Gasteiger partial charge in [-0.3, -0.25) is 24.1 Å². The molecule has 2 aliphatic rings. The first-order valence-corrected chi connectivity index (χ1v) is 11.8. The Hall–Kier alpha value is -4.52. The first-order chi connectivity index (χ1) is 17.4. The summed E-state index contributed by atoms with van der Waals surface area (Å²) in [6.45, 7) is 1.97. The highest BCUT2D eigenvalue weighted by Gasteiger charge is 2.48. The van der Waals surface area contributed by atoms with Crippen molar-refractivity contribution >= 4 is 40.7 Å². The summed E-state index contributed by atoms with van der Waals surface area (Å²) in [6.07, 6.45) is 3.17. The van der Waals surface area contributed by atoms with Crippen LogP contribution < -0.4 is 15.5 Å². The van der Waals surface area contributed by atoms with Crippen molar-refractivity contribution in [3.63, 3.8) is 0 Å². The number of nitrogens with one attached hydrogen (secondary N) is 2. The monoisotopic (exact) mass is 479 g/mol. The molecule has 2 N–H and O–H groups in total. The van der Waals surface area contributed by atoms with Crippen LogP contribution in [0.15, 0.2) is 90.5 Å². The minimum Gasteiger partial charge on any atom is -0.322 e. The standard InChI is InChI=1S/C29H25N3O4/c1-18-13-14-24-25(15-18)29(36)32(28(24)35)23-12-6-8-20(17-23)27(34)31-22-11-5-7-19(16-22)26(33)30-21-9-3-2-4-10-21/h2-13,16-17,24-25H,14-15H2,1H3,(H,30,33)(H,31,34)/t24-,25+/m1/s1. The Morgan fingerprint density at radius 3 is 2.11 bits per heavy atom. The lowest BCUT2D eigenvalue weighted by atomic mass is 9.82. The molecule has 0 aromatic heterocycles. The summed E-state index contributed by atoms with van der Waals surface area (Å²) >= 11 is 0. The highest BCUT2D eigenvalue weighted by Crippen LogP contribution is 2.39. The van der Waals surface area contributed by atoms with Crippen LogP contribution in [0.3, 0.4) is 0 Å². The fourth-order valence-corrected chi connectivity index (χ4v) is 4.74. The molecule has 1 aliphatic carbocycles. The van der Waals surface area contributed by atoms with Crippen molar-refractivity contribution in [1.82, 2.24) is 0 Å². The molecule has 5 rings (SSSR count). The van der Waals surface area contributed by atoms with Gasteiger partial charge < -0.3 is 10.6 Å². The largest absolute Gasteiger partial charge is 0.322 e. The lowest BCUT2D eigenvalue weighted by molar-refractivity contribution is -0.122. The summed E-state index contributed by atoms with van der Waals surface area (Å²) in [7, 11) is 0. The van der Waals surface area contributed by atoms with Gasteiger partial charge in [-0.15, -0.1) is 0 Å². The van der Waals surface area contributed by atoms with Crippen LogP contribution in [0.4, 0.5) is 17.1 Å². The van der Waals surface area contributed by atoms with Crippen LogP contribution in [0.5, 0.6) is 0 Å². The molecule has 1 aliphatic heterocycles. The normalized spacial score (nSPS) is 18.9. The van der Waals surface area contributed by atoms with Crippen molar-refractivity contribution in [2.24, 2.45) is 11.8 Å². The van der Waals surface area contributed by atoms with E-state index < -0.39 is 5.91 Å². The molecule has 2 atom stereocenters. The molecule has 7 heteroatoms. The molecule has 0 unspecified atom stereocenters. The van der Waals surface area contributed by atoms with Crippen LogP contribution in [0, 0.1) is 11.8 Å². The van der Waals surface area contributed by atoms with Gasteiger partial charge in [0.1, 0.15) is 0 Å². The number of anilines is 3. The number of para-hydroxylation sites is 1. The zero-order chi connectivity index (χ0) is 25.2. The summed E-state index contributed by atoms with van der Waals surface area (Å²) in [5.74, 6) is -1.83. The van der Waals surface area contributed by atoms with E-state index in [1.807, 2.05) is 31.2 Å². The van der Waals surface area contributed by atoms with Gasteiger partial charge in [0.2, 0.25) is 11.8 Å². The number of allylic oxidation sites excluding steroid dienone is 2. The molecule has 36 heavy (non-hydrogen) atoms. The van der Waals surface area contributed by atoms with Gasteiger partial charge in [-0.25, -0.2) is 0 Å². The van der Waals surface area contributed by atoms with Crippen LogP contribution in [-0.2, 0) is 9.59 Å².